The maximum Gasteiger partial charge on any atom is 0.338 e. The highest BCUT2D eigenvalue weighted by molar-refractivity contribution is 5.93. The minimum Gasteiger partial charge on any atom is -0.468 e. The molecule has 4 aromatic rings. The molecule has 0 saturated heterocycles. The van der Waals surface area contributed by atoms with Crippen molar-refractivity contribution in [2.45, 2.75) is 19.8 Å². The molecule has 1 atom stereocenters. The quantitative estimate of drug-likeness (QED) is 0.397. The first-order valence-corrected chi connectivity index (χ1v) is 9.77. The lowest BCUT2D eigenvalue weighted by Crippen LogP contribution is -2.24. The highest BCUT2D eigenvalue weighted by Crippen LogP contribution is 2.44. The van der Waals surface area contributed by atoms with Crippen molar-refractivity contribution in [1.82, 2.24) is 19.6 Å². The average molecular weight is 417 g/mol. The largest absolute Gasteiger partial charge is 0.468 e. The Kier molecular flexibility index (Phi) is 4.43. The molecule has 0 spiro atoms. The van der Waals surface area contributed by atoms with Gasteiger partial charge in [-0.05, 0) is 38.1 Å². The molecule has 1 unspecified atom stereocenters. The summed E-state index contributed by atoms with van der Waals surface area (Å²) in [5.41, 5.74) is 8.76. The normalized spacial score (nSPS) is 15.6. The average Bonchev–Trinajstić information content (AvgIpc) is 3.43. The summed E-state index contributed by atoms with van der Waals surface area (Å²) in [4.78, 5) is 22.0. The minimum absolute atomic E-state index is 0.234. The SMILES string of the molecule is CCOC(=O)C1=C(C)Oc2ncn3nc(-c4ccccc4N)nc3c2C1c1ccco1. The molecule has 1 aliphatic heterocycles. The van der Waals surface area contributed by atoms with Crippen LogP contribution in [0.15, 0.2) is 64.7 Å². The van der Waals surface area contributed by atoms with Crippen molar-refractivity contribution in [3.8, 4) is 17.3 Å². The molecule has 0 amide bonds. The van der Waals surface area contributed by atoms with Gasteiger partial charge in [0.15, 0.2) is 11.5 Å². The van der Waals surface area contributed by atoms with Gasteiger partial charge in [0.2, 0.25) is 5.88 Å². The number of esters is 1. The third-order valence-electron chi connectivity index (χ3n) is 5.12. The van der Waals surface area contributed by atoms with Crippen LogP contribution in [0.4, 0.5) is 5.69 Å². The number of ether oxygens (including phenoxy) is 2. The van der Waals surface area contributed by atoms with Gasteiger partial charge in [-0.25, -0.2) is 19.3 Å². The molecule has 9 nitrogen and oxygen atoms in total. The van der Waals surface area contributed by atoms with E-state index in [-0.39, 0.29) is 6.61 Å². The summed E-state index contributed by atoms with van der Waals surface area (Å²) in [6, 6.07) is 10.9. The number of rotatable bonds is 4. The van der Waals surface area contributed by atoms with Gasteiger partial charge in [0.25, 0.3) is 0 Å². The fourth-order valence-electron chi connectivity index (χ4n) is 3.77. The summed E-state index contributed by atoms with van der Waals surface area (Å²) in [5, 5.41) is 4.54. The third-order valence-corrected chi connectivity index (χ3v) is 5.12. The van der Waals surface area contributed by atoms with Crippen molar-refractivity contribution in [2.24, 2.45) is 0 Å². The Morgan fingerprint density at radius 2 is 2.10 bits per heavy atom. The monoisotopic (exact) mass is 417 g/mol. The van der Waals surface area contributed by atoms with Crippen molar-refractivity contribution in [3.63, 3.8) is 0 Å². The van der Waals surface area contributed by atoms with E-state index in [1.807, 2.05) is 18.2 Å². The van der Waals surface area contributed by atoms with E-state index in [2.05, 4.69) is 10.1 Å². The summed E-state index contributed by atoms with van der Waals surface area (Å²) in [7, 11) is 0. The molecule has 4 heterocycles. The number of allylic oxidation sites excluding steroid dienone is 1. The maximum atomic E-state index is 12.8. The number of para-hydroxylation sites is 1. The predicted octanol–water partition coefficient (Wildman–Crippen LogP) is 3.33. The van der Waals surface area contributed by atoms with E-state index in [4.69, 9.17) is 24.6 Å². The predicted molar refractivity (Wildman–Crippen MR) is 111 cm³/mol. The second-order valence-corrected chi connectivity index (χ2v) is 7.00. The first-order chi connectivity index (χ1) is 15.1. The van der Waals surface area contributed by atoms with Gasteiger partial charge in [-0.2, -0.15) is 0 Å². The molecule has 0 bridgehead atoms. The fourth-order valence-corrected chi connectivity index (χ4v) is 3.77. The van der Waals surface area contributed by atoms with Crippen LogP contribution in [0.1, 0.15) is 31.1 Å². The van der Waals surface area contributed by atoms with Gasteiger partial charge in [0, 0.05) is 11.3 Å². The van der Waals surface area contributed by atoms with Crippen LogP contribution in [-0.2, 0) is 9.53 Å². The van der Waals surface area contributed by atoms with E-state index in [0.717, 1.165) is 0 Å². The topological polar surface area (TPSA) is 118 Å². The summed E-state index contributed by atoms with van der Waals surface area (Å²) in [5.74, 6) is 0.622. The Morgan fingerprint density at radius 1 is 1.26 bits per heavy atom. The summed E-state index contributed by atoms with van der Waals surface area (Å²) < 4.78 is 18.4. The Hall–Kier alpha value is -4.14. The molecule has 3 aromatic heterocycles. The number of nitrogens with two attached hydrogens (primary N) is 1. The molecule has 0 radical (unpaired) electrons. The lowest BCUT2D eigenvalue weighted by atomic mass is 9.87. The Labute approximate surface area is 177 Å². The Morgan fingerprint density at radius 3 is 2.84 bits per heavy atom. The van der Waals surface area contributed by atoms with Crippen LogP contribution in [0, 0.1) is 0 Å². The molecule has 0 fully saturated rings. The number of hydrogen-bond donors (Lipinski definition) is 1. The van der Waals surface area contributed by atoms with Crippen LogP contribution in [0.25, 0.3) is 17.0 Å². The molecule has 5 rings (SSSR count). The van der Waals surface area contributed by atoms with E-state index in [9.17, 15) is 4.79 Å². The molecule has 156 valence electrons. The van der Waals surface area contributed by atoms with Gasteiger partial charge in [0.1, 0.15) is 17.8 Å². The lowest BCUT2D eigenvalue weighted by Gasteiger charge is -2.26. The number of fused-ring (bicyclic) bond motifs is 3. The molecule has 1 aromatic carbocycles. The standard InChI is InChI=1S/C22H19N5O4/c1-3-29-22(28)16-12(2)31-21-18(17(16)15-9-6-10-30-15)20-25-19(26-27(20)11-24-21)13-7-4-5-8-14(13)23/h4-11,17H,3,23H2,1-2H3. The van der Waals surface area contributed by atoms with Gasteiger partial charge in [-0.1, -0.05) is 12.1 Å². The van der Waals surface area contributed by atoms with Crippen LogP contribution >= 0.6 is 0 Å². The first kappa shape index (κ1) is 18.9. The second-order valence-electron chi connectivity index (χ2n) is 7.00. The highest BCUT2D eigenvalue weighted by atomic mass is 16.5. The van der Waals surface area contributed by atoms with Crippen LogP contribution in [0.3, 0.4) is 0 Å². The minimum atomic E-state index is -0.612. The van der Waals surface area contributed by atoms with Gasteiger partial charge >= 0.3 is 5.97 Å². The summed E-state index contributed by atoms with van der Waals surface area (Å²) >= 11 is 0. The van der Waals surface area contributed by atoms with E-state index < -0.39 is 11.9 Å². The van der Waals surface area contributed by atoms with Crippen LogP contribution in [0.5, 0.6) is 5.88 Å². The number of benzene rings is 1. The van der Waals surface area contributed by atoms with Crippen molar-refractivity contribution in [2.75, 3.05) is 12.3 Å². The Bertz CT molecular complexity index is 1320. The van der Waals surface area contributed by atoms with Crippen molar-refractivity contribution in [3.05, 3.63) is 71.6 Å². The summed E-state index contributed by atoms with van der Waals surface area (Å²) in [6.07, 6.45) is 3.07. The van der Waals surface area contributed by atoms with E-state index in [1.54, 1.807) is 42.8 Å². The van der Waals surface area contributed by atoms with Crippen LogP contribution in [-0.4, -0.2) is 32.2 Å². The third kappa shape index (κ3) is 3.02. The molecular formula is C22H19N5O4. The van der Waals surface area contributed by atoms with Crippen LogP contribution < -0.4 is 10.5 Å². The number of hydrogen-bond acceptors (Lipinski definition) is 8. The number of aromatic nitrogens is 4. The van der Waals surface area contributed by atoms with E-state index in [1.165, 1.54) is 6.33 Å². The number of carbonyl (C=O) groups is 1. The molecular weight excluding hydrogens is 398 g/mol. The van der Waals surface area contributed by atoms with Crippen molar-refractivity contribution >= 4 is 17.3 Å². The smallest absolute Gasteiger partial charge is 0.338 e. The molecule has 2 N–H and O–H groups in total. The van der Waals surface area contributed by atoms with Crippen molar-refractivity contribution < 1.29 is 18.7 Å². The molecule has 1 aliphatic rings. The van der Waals surface area contributed by atoms with E-state index >= 15 is 0 Å². The molecule has 9 heteroatoms. The molecule has 0 aliphatic carbocycles. The van der Waals surface area contributed by atoms with Gasteiger partial charge in [-0.15, -0.1) is 5.10 Å². The zero-order valence-corrected chi connectivity index (χ0v) is 16.9. The Balaban J connectivity index is 1.75. The first-order valence-electron chi connectivity index (χ1n) is 9.77. The molecule has 0 saturated carbocycles. The zero-order chi connectivity index (χ0) is 21.5. The van der Waals surface area contributed by atoms with Gasteiger partial charge < -0.3 is 19.6 Å². The summed E-state index contributed by atoms with van der Waals surface area (Å²) in [6.45, 7) is 3.69. The van der Waals surface area contributed by atoms with Gasteiger partial charge in [-0.3, -0.25) is 0 Å². The molecule has 31 heavy (non-hydrogen) atoms. The highest BCUT2D eigenvalue weighted by Gasteiger charge is 2.39. The van der Waals surface area contributed by atoms with Gasteiger partial charge in [0.05, 0.1) is 29.9 Å². The van der Waals surface area contributed by atoms with E-state index in [0.29, 0.717) is 51.3 Å². The lowest BCUT2D eigenvalue weighted by molar-refractivity contribution is -0.139. The zero-order valence-electron chi connectivity index (χ0n) is 16.9. The fraction of sp³-hybridized carbons (Fsp3) is 0.182. The second kappa shape index (κ2) is 7.28. The number of furan rings is 1. The maximum absolute atomic E-state index is 12.8. The number of anilines is 1. The van der Waals surface area contributed by atoms with Crippen molar-refractivity contribution in [1.29, 1.82) is 0 Å². The number of nitrogens with zero attached hydrogens (tertiary/aromatic N) is 4. The number of carbonyl (C=O) groups excluding carboxylic acids is 1. The number of nitrogen functional groups attached to an aromatic ring is 1. The van der Waals surface area contributed by atoms with Crippen LogP contribution in [0.2, 0.25) is 0 Å².